The van der Waals surface area contributed by atoms with Crippen molar-refractivity contribution in [3.63, 3.8) is 0 Å². The number of aromatic nitrogens is 1. The first-order valence-corrected chi connectivity index (χ1v) is 8.43. The van der Waals surface area contributed by atoms with Crippen molar-refractivity contribution in [3.8, 4) is 11.5 Å². The molecular formula is C22H21NO2. The zero-order valence-corrected chi connectivity index (χ0v) is 14.7. The highest BCUT2D eigenvalue weighted by Gasteiger charge is 2.14. The van der Waals surface area contributed by atoms with Crippen LogP contribution in [0.25, 0.3) is 21.8 Å². The summed E-state index contributed by atoms with van der Waals surface area (Å²) < 4.78 is 11.5. The molecule has 0 radical (unpaired) electrons. The Hall–Kier alpha value is -2.94. The van der Waals surface area contributed by atoms with Crippen molar-refractivity contribution in [2.45, 2.75) is 20.5 Å². The first-order chi connectivity index (χ1) is 12.2. The van der Waals surface area contributed by atoms with E-state index in [0.29, 0.717) is 6.61 Å². The maximum atomic E-state index is 6.16. The quantitative estimate of drug-likeness (QED) is 0.534. The molecule has 25 heavy (non-hydrogen) atoms. The fourth-order valence-corrected chi connectivity index (χ4v) is 3.41. The van der Waals surface area contributed by atoms with Crippen molar-refractivity contribution < 1.29 is 9.47 Å². The van der Waals surface area contributed by atoms with Crippen LogP contribution in [0.5, 0.6) is 11.5 Å². The van der Waals surface area contributed by atoms with Crippen LogP contribution in [0.3, 0.4) is 0 Å². The van der Waals surface area contributed by atoms with Crippen LogP contribution in [0.4, 0.5) is 0 Å². The molecule has 0 fully saturated rings. The highest BCUT2D eigenvalue weighted by molar-refractivity contribution is 6.09. The van der Waals surface area contributed by atoms with E-state index in [1.54, 1.807) is 7.11 Å². The maximum absolute atomic E-state index is 6.16. The molecule has 0 atom stereocenters. The Morgan fingerprint density at radius 1 is 0.920 bits per heavy atom. The molecule has 3 heteroatoms. The Morgan fingerprint density at radius 3 is 2.48 bits per heavy atom. The average Bonchev–Trinajstić information content (AvgIpc) is 3.00. The largest absolute Gasteiger partial charge is 0.497 e. The maximum Gasteiger partial charge on any atom is 0.127 e. The minimum atomic E-state index is 0.572. The van der Waals surface area contributed by atoms with E-state index in [1.165, 1.54) is 16.3 Å². The Kier molecular flexibility index (Phi) is 3.85. The molecule has 4 rings (SSSR count). The summed E-state index contributed by atoms with van der Waals surface area (Å²) in [5, 5.41) is 2.43. The molecule has 0 spiro atoms. The molecule has 0 aliphatic carbocycles. The molecule has 3 nitrogen and oxygen atoms in total. The highest BCUT2D eigenvalue weighted by Crippen LogP contribution is 2.36. The van der Waals surface area contributed by atoms with Crippen molar-refractivity contribution >= 4 is 21.8 Å². The molecule has 0 aliphatic rings. The molecule has 0 unspecified atom stereocenters. The van der Waals surface area contributed by atoms with Crippen LogP contribution in [-0.4, -0.2) is 12.1 Å². The monoisotopic (exact) mass is 331 g/mol. The molecule has 0 bridgehead atoms. The lowest BCUT2D eigenvalue weighted by Crippen LogP contribution is -1.99. The third kappa shape index (κ3) is 2.72. The van der Waals surface area contributed by atoms with Crippen LogP contribution >= 0.6 is 0 Å². The second-order valence-electron chi connectivity index (χ2n) is 6.38. The Balaban J connectivity index is 1.79. The second-order valence-corrected chi connectivity index (χ2v) is 6.38. The summed E-state index contributed by atoms with van der Waals surface area (Å²) in [6, 6.07) is 18.6. The number of benzene rings is 3. The third-order valence-corrected chi connectivity index (χ3v) is 4.71. The Morgan fingerprint density at radius 2 is 1.72 bits per heavy atom. The standard InChI is InChI=1S/C22H21NO2/c1-14-11-19-18-10-9-17(24-3)12-20(18)23-21(19)15(2)22(14)25-13-16-7-5-4-6-8-16/h4-12,23H,13H2,1-3H3. The zero-order chi connectivity index (χ0) is 17.4. The number of aromatic amines is 1. The molecule has 1 aromatic heterocycles. The van der Waals surface area contributed by atoms with Gasteiger partial charge in [0.2, 0.25) is 0 Å². The summed E-state index contributed by atoms with van der Waals surface area (Å²) in [4.78, 5) is 3.53. The van der Waals surface area contributed by atoms with E-state index in [-0.39, 0.29) is 0 Å². The highest BCUT2D eigenvalue weighted by atomic mass is 16.5. The Labute approximate surface area is 147 Å². The van der Waals surface area contributed by atoms with Crippen LogP contribution in [-0.2, 0) is 6.61 Å². The summed E-state index contributed by atoms with van der Waals surface area (Å²) in [6.45, 7) is 4.79. The fraction of sp³-hybridized carbons (Fsp3) is 0.182. The summed E-state index contributed by atoms with van der Waals surface area (Å²) in [6.07, 6.45) is 0. The molecule has 126 valence electrons. The molecular weight excluding hydrogens is 310 g/mol. The van der Waals surface area contributed by atoms with Crippen LogP contribution in [0, 0.1) is 13.8 Å². The van der Waals surface area contributed by atoms with Gasteiger partial charge in [0.05, 0.1) is 18.1 Å². The minimum Gasteiger partial charge on any atom is -0.497 e. The summed E-state index contributed by atoms with van der Waals surface area (Å²) >= 11 is 0. The van der Waals surface area contributed by atoms with E-state index in [1.807, 2.05) is 30.3 Å². The number of ether oxygens (including phenoxy) is 2. The van der Waals surface area contributed by atoms with Gasteiger partial charge >= 0.3 is 0 Å². The van der Waals surface area contributed by atoms with E-state index in [4.69, 9.17) is 9.47 Å². The number of H-pyrrole nitrogens is 1. The first kappa shape index (κ1) is 15.6. The molecule has 1 N–H and O–H groups in total. The summed E-state index contributed by atoms with van der Waals surface area (Å²) in [5.74, 6) is 1.81. The van der Waals surface area contributed by atoms with E-state index < -0.39 is 0 Å². The molecule has 0 saturated carbocycles. The van der Waals surface area contributed by atoms with E-state index in [2.05, 4.69) is 43.1 Å². The van der Waals surface area contributed by atoms with E-state index >= 15 is 0 Å². The minimum absolute atomic E-state index is 0.572. The molecule has 0 saturated heterocycles. The second kappa shape index (κ2) is 6.17. The molecule has 1 heterocycles. The average molecular weight is 331 g/mol. The van der Waals surface area contributed by atoms with Gasteiger partial charge < -0.3 is 14.5 Å². The van der Waals surface area contributed by atoms with Gasteiger partial charge in [-0.3, -0.25) is 0 Å². The normalized spacial score (nSPS) is 11.2. The number of nitrogens with one attached hydrogen (secondary N) is 1. The smallest absolute Gasteiger partial charge is 0.127 e. The number of aryl methyl sites for hydroxylation is 2. The Bertz CT molecular complexity index is 1050. The topological polar surface area (TPSA) is 34.2 Å². The molecule has 4 aromatic rings. The fourth-order valence-electron chi connectivity index (χ4n) is 3.41. The number of hydrogen-bond donors (Lipinski definition) is 1. The number of rotatable bonds is 4. The number of methoxy groups -OCH3 is 1. The van der Waals surface area contributed by atoms with Crippen LogP contribution in [0.1, 0.15) is 16.7 Å². The molecule has 0 aliphatic heterocycles. The van der Waals surface area contributed by atoms with E-state index in [0.717, 1.165) is 33.7 Å². The van der Waals surface area contributed by atoms with Crippen molar-refractivity contribution in [1.29, 1.82) is 0 Å². The van der Waals surface area contributed by atoms with Gasteiger partial charge in [0.1, 0.15) is 18.1 Å². The summed E-state index contributed by atoms with van der Waals surface area (Å²) in [5.41, 5.74) is 5.66. The number of fused-ring (bicyclic) bond motifs is 3. The van der Waals surface area contributed by atoms with Crippen LogP contribution in [0.15, 0.2) is 54.6 Å². The summed E-state index contributed by atoms with van der Waals surface area (Å²) in [7, 11) is 1.69. The lowest BCUT2D eigenvalue weighted by Gasteiger charge is -2.13. The van der Waals surface area contributed by atoms with Gasteiger partial charge in [-0.05, 0) is 43.2 Å². The van der Waals surface area contributed by atoms with Gasteiger partial charge in [-0.2, -0.15) is 0 Å². The van der Waals surface area contributed by atoms with Crippen molar-refractivity contribution in [2.75, 3.05) is 7.11 Å². The number of hydrogen-bond acceptors (Lipinski definition) is 2. The van der Waals surface area contributed by atoms with Crippen molar-refractivity contribution in [2.24, 2.45) is 0 Å². The van der Waals surface area contributed by atoms with Gasteiger partial charge in [0.25, 0.3) is 0 Å². The van der Waals surface area contributed by atoms with Crippen LogP contribution < -0.4 is 9.47 Å². The lowest BCUT2D eigenvalue weighted by molar-refractivity contribution is 0.302. The SMILES string of the molecule is COc1ccc2c(c1)[nH]c1c(C)c(OCc3ccccc3)c(C)cc12. The van der Waals surface area contributed by atoms with Gasteiger partial charge in [0.15, 0.2) is 0 Å². The zero-order valence-electron chi connectivity index (χ0n) is 14.7. The van der Waals surface area contributed by atoms with Gasteiger partial charge in [-0.1, -0.05) is 30.3 Å². The van der Waals surface area contributed by atoms with Crippen LogP contribution in [0.2, 0.25) is 0 Å². The van der Waals surface area contributed by atoms with E-state index in [9.17, 15) is 0 Å². The molecule has 3 aromatic carbocycles. The van der Waals surface area contributed by atoms with Crippen molar-refractivity contribution in [1.82, 2.24) is 4.98 Å². The third-order valence-electron chi connectivity index (χ3n) is 4.71. The van der Waals surface area contributed by atoms with Crippen molar-refractivity contribution in [3.05, 3.63) is 71.3 Å². The van der Waals surface area contributed by atoms with Gasteiger partial charge in [-0.15, -0.1) is 0 Å². The van der Waals surface area contributed by atoms with Gasteiger partial charge in [0, 0.05) is 22.4 Å². The lowest BCUT2D eigenvalue weighted by atomic mass is 10.0. The van der Waals surface area contributed by atoms with Gasteiger partial charge in [-0.25, -0.2) is 0 Å². The predicted octanol–water partition coefficient (Wildman–Crippen LogP) is 5.53. The predicted molar refractivity (Wildman–Crippen MR) is 103 cm³/mol. The first-order valence-electron chi connectivity index (χ1n) is 8.43. The molecule has 0 amide bonds.